The molecule has 1 fully saturated rings. The minimum absolute atomic E-state index is 0.849. The van der Waals surface area contributed by atoms with Gasteiger partial charge in [-0.05, 0) is 28.8 Å². The van der Waals surface area contributed by atoms with E-state index in [1.54, 1.807) is 13.3 Å². The van der Waals surface area contributed by atoms with Crippen molar-refractivity contribution in [2.45, 2.75) is 26.7 Å². The van der Waals surface area contributed by atoms with Crippen LogP contribution in [0.15, 0.2) is 16.7 Å². The quantitative estimate of drug-likeness (QED) is 0.832. The molecule has 1 aliphatic rings. The molecule has 1 aliphatic heterocycles. The Morgan fingerprint density at radius 2 is 1.94 bits per heavy atom. The molecule has 1 saturated heterocycles. The van der Waals surface area contributed by atoms with E-state index in [1.807, 2.05) is 19.9 Å². The number of nitrogens with zero attached hydrogens (tertiary/aromatic N) is 2. The van der Waals surface area contributed by atoms with E-state index in [9.17, 15) is 0 Å². The van der Waals surface area contributed by atoms with E-state index in [4.69, 9.17) is 4.74 Å². The van der Waals surface area contributed by atoms with Crippen molar-refractivity contribution in [3.05, 3.63) is 16.7 Å². The van der Waals surface area contributed by atoms with Gasteiger partial charge in [-0.3, -0.25) is 0 Å². The van der Waals surface area contributed by atoms with Gasteiger partial charge in [0.05, 0.1) is 11.6 Å². The minimum atomic E-state index is 0.849. The second-order valence-corrected chi connectivity index (χ2v) is 4.23. The monoisotopic (exact) mass is 286 g/mol. The number of aromatic nitrogens is 1. The smallest absolute Gasteiger partial charge is 0.138 e. The van der Waals surface area contributed by atoms with Crippen molar-refractivity contribution in [3.63, 3.8) is 0 Å². The lowest BCUT2D eigenvalue weighted by Gasteiger charge is -2.17. The summed E-state index contributed by atoms with van der Waals surface area (Å²) in [7, 11) is 1.67. The summed E-state index contributed by atoms with van der Waals surface area (Å²) >= 11 is 3.39. The lowest BCUT2D eigenvalue weighted by molar-refractivity contribution is 0.411. The zero-order chi connectivity index (χ0) is 12.0. The first-order chi connectivity index (χ1) is 7.81. The van der Waals surface area contributed by atoms with Crippen molar-refractivity contribution in [2.75, 3.05) is 25.1 Å². The van der Waals surface area contributed by atoms with Gasteiger partial charge in [-0.2, -0.15) is 0 Å². The van der Waals surface area contributed by atoms with E-state index in [2.05, 4.69) is 25.8 Å². The molecule has 2 heterocycles. The Morgan fingerprint density at radius 1 is 1.31 bits per heavy atom. The Labute approximate surface area is 106 Å². The maximum atomic E-state index is 5.23. The summed E-state index contributed by atoms with van der Waals surface area (Å²) in [5, 5.41) is 0. The highest BCUT2D eigenvalue weighted by atomic mass is 79.9. The van der Waals surface area contributed by atoms with Gasteiger partial charge < -0.3 is 9.64 Å². The number of ether oxygens (including phenoxy) is 1. The predicted molar refractivity (Wildman–Crippen MR) is 71.3 cm³/mol. The Bertz CT molecular complexity index is 325. The molecule has 0 saturated carbocycles. The van der Waals surface area contributed by atoms with Crippen molar-refractivity contribution in [1.82, 2.24) is 4.98 Å². The third-order valence-electron chi connectivity index (χ3n) is 2.46. The molecule has 0 atom stereocenters. The maximum Gasteiger partial charge on any atom is 0.138 e. The first-order valence-corrected chi connectivity index (χ1v) is 6.55. The molecule has 0 aromatic carbocycles. The van der Waals surface area contributed by atoms with Gasteiger partial charge >= 0.3 is 0 Å². The van der Waals surface area contributed by atoms with Crippen LogP contribution in [-0.2, 0) is 0 Å². The standard InChI is InChI=1S/C10H13BrN2O.C2H6/c1-14-9-6-10(12-7-8(9)11)13-4-2-3-5-13;1-2/h6-7H,2-5H2,1H3;1-2H3. The average molecular weight is 287 g/mol. The number of methoxy groups -OCH3 is 1. The highest BCUT2D eigenvalue weighted by Gasteiger charge is 2.14. The topological polar surface area (TPSA) is 25.4 Å². The van der Waals surface area contributed by atoms with Crippen LogP contribution in [-0.4, -0.2) is 25.2 Å². The fraction of sp³-hybridized carbons (Fsp3) is 0.583. The van der Waals surface area contributed by atoms with Crippen LogP contribution in [0.5, 0.6) is 5.75 Å². The van der Waals surface area contributed by atoms with Crippen molar-refractivity contribution < 1.29 is 4.74 Å². The zero-order valence-corrected chi connectivity index (χ0v) is 11.7. The molecular formula is C12H19BrN2O. The molecule has 90 valence electrons. The summed E-state index contributed by atoms with van der Waals surface area (Å²) in [6.45, 7) is 6.22. The molecule has 3 nitrogen and oxygen atoms in total. The molecule has 0 amide bonds. The van der Waals surface area contributed by atoms with Crippen LogP contribution < -0.4 is 9.64 Å². The third kappa shape index (κ3) is 3.11. The van der Waals surface area contributed by atoms with Gasteiger partial charge in [0.2, 0.25) is 0 Å². The Balaban J connectivity index is 0.000000606. The zero-order valence-electron chi connectivity index (χ0n) is 10.2. The molecule has 1 aromatic rings. The maximum absolute atomic E-state index is 5.23. The fourth-order valence-corrected chi connectivity index (χ4v) is 2.06. The van der Waals surface area contributed by atoms with Crippen LogP contribution in [0.3, 0.4) is 0 Å². The molecule has 2 rings (SSSR count). The SMILES string of the molecule is CC.COc1cc(N2CCCC2)ncc1Br. The van der Waals surface area contributed by atoms with Crippen molar-refractivity contribution in [3.8, 4) is 5.75 Å². The summed E-state index contributed by atoms with van der Waals surface area (Å²) in [5.74, 6) is 1.87. The number of anilines is 1. The fourth-order valence-electron chi connectivity index (χ4n) is 1.69. The van der Waals surface area contributed by atoms with Gasteiger partial charge in [0, 0.05) is 25.4 Å². The number of hydrogen-bond donors (Lipinski definition) is 0. The third-order valence-corrected chi connectivity index (χ3v) is 3.05. The Morgan fingerprint density at radius 3 is 2.50 bits per heavy atom. The van der Waals surface area contributed by atoms with Crippen molar-refractivity contribution >= 4 is 21.7 Å². The first-order valence-electron chi connectivity index (χ1n) is 5.76. The van der Waals surface area contributed by atoms with E-state index < -0.39 is 0 Å². The first kappa shape index (κ1) is 13.3. The average Bonchev–Trinajstić information content (AvgIpc) is 2.86. The molecule has 0 aliphatic carbocycles. The van der Waals surface area contributed by atoms with E-state index in [0.717, 1.165) is 29.1 Å². The van der Waals surface area contributed by atoms with Crippen LogP contribution >= 0.6 is 15.9 Å². The molecule has 0 spiro atoms. The minimum Gasteiger partial charge on any atom is -0.495 e. The van der Waals surface area contributed by atoms with Gasteiger partial charge in [-0.1, -0.05) is 13.8 Å². The van der Waals surface area contributed by atoms with Crippen LogP contribution in [0.2, 0.25) is 0 Å². The summed E-state index contributed by atoms with van der Waals surface area (Å²) in [6.07, 6.45) is 4.33. The number of rotatable bonds is 2. The van der Waals surface area contributed by atoms with Crippen molar-refractivity contribution in [2.24, 2.45) is 0 Å². The van der Waals surface area contributed by atoms with Gasteiger partial charge in [-0.15, -0.1) is 0 Å². The Kier molecular flexibility index (Phi) is 5.60. The van der Waals surface area contributed by atoms with Gasteiger partial charge in [0.15, 0.2) is 0 Å². The lowest BCUT2D eigenvalue weighted by Crippen LogP contribution is -2.18. The van der Waals surface area contributed by atoms with Crippen LogP contribution in [0.4, 0.5) is 5.82 Å². The molecule has 1 aromatic heterocycles. The molecule has 0 unspecified atom stereocenters. The molecule has 16 heavy (non-hydrogen) atoms. The summed E-state index contributed by atoms with van der Waals surface area (Å²) < 4.78 is 6.14. The second-order valence-electron chi connectivity index (χ2n) is 3.37. The number of hydrogen-bond acceptors (Lipinski definition) is 3. The summed E-state index contributed by atoms with van der Waals surface area (Å²) in [6, 6.07) is 1.98. The highest BCUT2D eigenvalue weighted by molar-refractivity contribution is 9.10. The van der Waals surface area contributed by atoms with E-state index >= 15 is 0 Å². The lowest BCUT2D eigenvalue weighted by atomic mass is 10.4. The molecule has 0 N–H and O–H groups in total. The molecule has 0 bridgehead atoms. The molecule has 0 radical (unpaired) electrons. The number of halogens is 1. The molecule has 4 heteroatoms. The van der Waals surface area contributed by atoms with Crippen molar-refractivity contribution in [1.29, 1.82) is 0 Å². The second kappa shape index (κ2) is 6.74. The van der Waals surface area contributed by atoms with Crippen LogP contribution in [0.25, 0.3) is 0 Å². The number of pyridine rings is 1. The predicted octanol–water partition coefficient (Wildman–Crippen LogP) is 3.48. The van der Waals surface area contributed by atoms with Gasteiger partial charge in [-0.25, -0.2) is 4.98 Å². The van der Waals surface area contributed by atoms with E-state index in [-0.39, 0.29) is 0 Å². The normalized spacial score (nSPS) is 14.4. The van der Waals surface area contributed by atoms with Crippen LogP contribution in [0, 0.1) is 0 Å². The van der Waals surface area contributed by atoms with E-state index in [0.29, 0.717) is 0 Å². The van der Waals surface area contributed by atoms with Gasteiger partial charge in [0.1, 0.15) is 11.6 Å². The highest BCUT2D eigenvalue weighted by Crippen LogP contribution is 2.28. The van der Waals surface area contributed by atoms with Crippen LogP contribution in [0.1, 0.15) is 26.7 Å². The van der Waals surface area contributed by atoms with E-state index in [1.165, 1.54) is 12.8 Å². The Hall–Kier alpha value is -0.770. The summed E-state index contributed by atoms with van der Waals surface area (Å²) in [5.41, 5.74) is 0. The van der Waals surface area contributed by atoms with Gasteiger partial charge in [0.25, 0.3) is 0 Å². The molecular weight excluding hydrogens is 268 g/mol. The summed E-state index contributed by atoms with van der Waals surface area (Å²) in [4.78, 5) is 6.65. The largest absolute Gasteiger partial charge is 0.495 e.